The van der Waals surface area contributed by atoms with Gasteiger partial charge >= 0.3 is 41.7 Å². The first-order valence-corrected chi connectivity index (χ1v) is 5.32. The van der Waals surface area contributed by atoms with Gasteiger partial charge in [-0.1, -0.05) is 0 Å². The third-order valence-corrected chi connectivity index (χ3v) is 3.07. The zero-order valence-electron chi connectivity index (χ0n) is 11.1. The molecule has 1 atom stereocenters. The summed E-state index contributed by atoms with van der Waals surface area (Å²) in [5.74, 6) is -16.0. The van der Waals surface area contributed by atoms with Crippen molar-refractivity contribution in [2.24, 2.45) is 5.41 Å². The van der Waals surface area contributed by atoms with Crippen molar-refractivity contribution in [1.82, 2.24) is 0 Å². The molecule has 0 nitrogen and oxygen atoms in total. The lowest BCUT2D eigenvalue weighted by molar-refractivity contribution is -0.509. The Kier molecular flexibility index (Phi) is 5.39. The van der Waals surface area contributed by atoms with Crippen molar-refractivity contribution in [3.05, 3.63) is 6.92 Å². The summed E-state index contributed by atoms with van der Waals surface area (Å²) in [5, 5.41) is 0. The highest BCUT2D eigenvalue weighted by Gasteiger charge is 3.01. The van der Waals surface area contributed by atoms with Gasteiger partial charge in [-0.15, -0.1) is 0 Å². The van der Waals surface area contributed by atoms with Crippen molar-refractivity contribution < 1.29 is 74.6 Å². The predicted molar refractivity (Wildman–Crippen MR) is 45.7 cm³/mol. The molecule has 0 bridgehead atoms. The van der Waals surface area contributed by atoms with Gasteiger partial charge in [0.1, 0.15) is 0 Å². The van der Waals surface area contributed by atoms with Crippen molar-refractivity contribution >= 4 is 0 Å². The van der Waals surface area contributed by atoms with E-state index in [0.717, 1.165) is 6.92 Å². The minimum absolute atomic E-state index is 0.725. The summed E-state index contributed by atoms with van der Waals surface area (Å²) < 4.78 is 215. The summed E-state index contributed by atoms with van der Waals surface area (Å²) in [6.45, 7) is 0.725. The van der Waals surface area contributed by atoms with Gasteiger partial charge in [0.05, 0.1) is 0 Å². The van der Waals surface area contributed by atoms with Gasteiger partial charge in [0.2, 0.25) is 0 Å². The van der Waals surface area contributed by atoms with Gasteiger partial charge in [-0.2, -0.15) is 52.7 Å². The third-order valence-electron chi connectivity index (χ3n) is 3.07. The van der Waals surface area contributed by atoms with Gasteiger partial charge in [0.25, 0.3) is 5.92 Å². The molecule has 0 rings (SSSR count). The van der Waals surface area contributed by atoms with E-state index in [1.165, 1.54) is 0 Å². The van der Waals surface area contributed by atoms with Crippen LogP contribution in [0.4, 0.5) is 74.6 Å². The Bertz CT molecular complexity index is 455. The molecule has 0 aliphatic carbocycles. The number of alkyl halides is 17. The van der Waals surface area contributed by atoms with Crippen LogP contribution in [-0.2, 0) is 0 Å². The average Bonchev–Trinajstić information content (AvgIpc) is 2.16. The topological polar surface area (TPSA) is 0 Å². The Morgan fingerprint density at radius 2 is 0.615 bits per heavy atom. The largest absolute Gasteiger partial charge is 0.434 e. The van der Waals surface area contributed by atoms with E-state index < -0.39 is 47.6 Å². The Morgan fingerprint density at radius 1 is 0.385 bits per heavy atom. The second-order valence-electron chi connectivity index (χ2n) is 4.68. The number of hydrogen-bond donors (Lipinski definition) is 0. The summed E-state index contributed by atoms with van der Waals surface area (Å²) in [5.41, 5.74) is -17.2. The fraction of sp³-hybridized carbons (Fsp3) is 0.889. The Morgan fingerprint density at radius 3 is 0.731 bits per heavy atom. The molecule has 0 aliphatic rings. The van der Waals surface area contributed by atoms with Crippen molar-refractivity contribution in [2.75, 3.05) is 0 Å². The summed E-state index contributed by atoms with van der Waals surface area (Å²) >= 11 is 0. The number of halogens is 17. The molecule has 0 aromatic rings. The molecule has 0 saturated carbocycles. The number of hydrogen-bond acceptors (Lipinski definition) is 0. The van der Waals surface area contributed by atoms with E-state index in [-0.39, 0.29) is 0 Å². The van der Waals surface area contributed by atoms with Crippen molar-refractivity contribution in [3.8, 4) is 0 Å². The standard InChI is InChI=1S/C9H2F17/c1-2(10,11)4(12,9(24,25)26)5(13,14)3(6(15,16)17,7(18,19)20)8(21,22)23/h1H2. The summed E-state index contributed by atoms with van der Waals surface area (Å²) in [4.78, 5) is 0. The summed E-state index contributed by atoms with van der Waals surface area (Å²) in [6, 6.07) is 0. The van der Waals surface area contributed by atoms with Gasteiger partial charge in [-0.25, -0.2) is 22.0 Å². The maximum absolute atomic E-state index is 13.5. The van der Waals surface area contributed by atoms with E-state index in [1.54, 1.807) is 0 Å². The van der Waals surface area contributed by atoms with Crippen LogP contribution in [-0.4, -0.2) is 42.2 Å². The molecular weight excluding hydrogens is 431 g/mol. The zero-order chi connectivity index (χ0) is 22.0. The monoisotopic (exact) mass is 433 g/mol. The predicted octanol–water partition coefficient (Wildman–Crippen LogP) is 6.03. The van der Waals surface area contributed by atoms with E-state index in [4.69, 9.17) is 0 Å². The van der Waals surface area contributed by atoms with Crippen LogP contribution in [0.5, 0.6) is 0 Å². The second kappa shape index (κ2) is 5.65. The Hall–Kier alpha value is -1.19. The number of rotatable bonds is 3. The Balaban J connectivity index is 7.61. The molecular formula is C9H2F17. The van der Waals surface area contributed by atoms with E-state index in [0.29, 0.717) is 0 Å². The van der Waals surface area contributed by atoms with Crippen LogP contribution in [0.15, 0.2) is 0 Å². The molecule has 1 radical (unpaired) electrons. The molecule has 0 amide bonds. The minimum Gasteiger partial charge on any atom is -0.220 e. The van der Waals surface area contributed by atoms with Gasteiger partial charge in [0.15, 0.2) is 0 Å². The van der Waals surface area contributed by atoms with Crippen molar-refractivity contribution in [1.29, 1.82) is 0 Å². The fourth-order valence-corrected chi connectivity index (χ4v) is 1.89. The highest BCUT2D eigenvalue weighted by atomic mass is 19.4. The normalized spacial score (nSPS) is 18.7. The minimum atomic E-state index is -8.89. The first-order valence-electron chi connectivity index (χ1n) is 5.32. The second-order valence-corrected chi connectivity index (χ2v) is 4.68. The molecule has 0 spiro atoms. The molecule has 0 aromatic heterocycles. The average molecular weight is 433 g/mol. The molecule has 26 heavy (non-hydrogen) atoms. The summed E-state index contributed by atoms with van der Waals surface area (Å²) in [6.07, 6.45) is -33.4. The molecule has 0 aliphatic heterocycles. The smallest absolute Gasteiger partial charge is 0.220 e. The maximum atomic E-state index is 13.5. The first kappa shape index (κ1) is 24.8. The fourth-order valence-electron chi connectivity index (χ4n) is 1.89. The van der Waals surface area contributed by atoms with E-state index >= 15 is 0 Å². The molecule has 157 valence electrons. The van der Waals surface area contributed by atoms with Crippen LogP contribution in [0.1, 0.15) is 0 Å². The van der Waals surface area contributed by atoms with Crippen LogP contribution in [0.2, 0.25) is 0 Å². The van der Waals surface area contributed by atoms with Crippen molar-refractivity contribution in [2.45, 2.75) is 42.2 Å². The van der Waals surface area contributed by atoms with Gasteiger partial charge in [-0.3, -0.25) is 0 Å². The first-order chi connectivity index (χ1) is 10.8. The van der Waals surface area contributed by atoms with Crippen LogP contribution < -0.4 is 0 Å². The lowest BCUT2D eigenvalue weighted by Gasteiger charge is -2.49. The molecule has 0 N–H and O–H groups in total. The highest BCUT2D eigenvalue weighted by molar-refractivity contribution is 5.21. The van der Waals surface area contributed by atoms with Crippen LogP contribution in [0.25, 0.3) is 0 Å². The molecule has 1 unspecified atom stereocenters. The molecule has 0 aromatic carbocycles. The van der Waals surface area contributed by atoms with Crippen LogP contribution in [0, 0.1) is 12.3 Å². The van der Waals surface area contributed by atoms with Crippen LogP contribution in [0.3, 0.4) is 0 Å². The van der Waals surface area contributed by atoms with Gasteiger partial charge in [0, 0.05) is 6.92 Å². The summed E-state index contributed by atoms with van der Waals surface area (Å²) in [7, 11) is 0. The lowest BCUT2D eigenvalue weighted by atomic mass is 9.69. The SMILES string of the molecule is [CH2]C(F)(F)C(F)(C(F)(F)F)C(F)(F)C(C(F)(F)F)(C(F)(F)F)C(F)(F)F. The molecule has 0 saturated heterocycles. The molecule has 0 fully saturated rings. The van der Waals surface area contributed by atoms with Crippen LogP contribution >= 0.6 is 0 Å². The zero-order valence-corrected chi connectivity index (χ0v) is 11.1. The Labute approximate surface area is 130 Å². The van der Waals surface area contributed by atoms with E-state index in [1.807, 2.05) is 0 Å². The van der Waals surface area contributed by atoms with Gasteiger partial charge in [-0.05, 0) is 0 Å². The quantitative estimate of drug-likeness (QED) is 0.477. The van der Waals surface area contributed by atoms with Crippen molar-refractivity contribution in [3.63, 3.8) is 0 Å². The van der Waals surface area contributed by atoms with Gasteiger partial charge < -0.3 is 0 Å². The third kappa shape index (κ3) is 2.84. The van der Waals surface area contributed by atoms with E-state index in [9.17, 15) is 74.6 Å². The lowest BCUT2D eigenvalue weighted by Crippen LogP contribution is -2.79. The maximum Gasteiger partial charge on any atom is 0.434 e. The molecule has 17 heteroatoms. The molecule has 0 heterocycles. The highest BCUT2D eigenvalue weighted by Crippen LogP contribution is 2.72. The van der Waals surface area contributed by atoms with E-state index in [2.05, 4.69) is 0 Å².